The van der Waals surface area contributed by atoms with Crippen LogP contribution in [0.2, 0.25) is 5.02 Å². The van der Waals surface area contributed by atoms with Crippen LogP contribution in [0.5, 0.6) is 0 Å². The van der Waals surface area contributed by atoms with E-state index >= 15 is 0 Å². The predicted molar refractivity (Wildman–Crippen MR) is 80.8 cm³/mol. The minimum atomic E-state index is 0.485. The zero-order chi connectivity index (χ0) is 13.1. The monoisotopic (exact) mass is 330 g/mol. The van der Waals surface area contributed by atoms with Crippen molar-refractivity contribution in [3.63, 3.8) is 0 Å². The number of nitrogens with two attached hydrogens (primary N) is 1. The van der Waals surface area contributed by atoms with E-state index in [0.29, 0.717) is 12.0 Å². The summed E-state index contributed by atoms with van der Waals surface area (Å²) in [6, 6.07) is 6.59. The van der Waals surface area contributed by atoms with Crippen molar-refractivity contribution in [2.75, 3.05) is 13.1 Å². The number of piperidine rings is 1. The third-order valence-corrected chi connectivity index (χ3v) is 4.71. The smallest absolute Gasteiger partial charge is 0.0462 e. The number of likely N-dealkylation sites (tertiary alicyclic amines) is 1. The highest BCUT2D eigenvalue weighted by atomic mass is 79.9. The molecule has 2 N–H and O–H groups in total. The van der Waals surface area contributed by atoms with Crippen LogP contribution in [0.15, 0.2) is 22.7 Å². The highest BCUT2D eigenvalue weighted by molar-refractivity contribution is 9.10. The molecule has 0 radical (unpaired) electrons. The molecule has 1 aromatic carbocycles. The fourth-order valence-corrected chi connectivity index (χ4v) is 3.51. The summed E-state index contributed by atoms with van der Waals surface area (Å²) in [7, 11) is 0. The normalized spacial score (nSPS) is 25.3. The number of hydrogen-bond donors (Lipinski definition) is 1. The lowest BCUT2D eigenvalue weighted by atomic mass is 9.90. The lowest BCUT2D eigenvalue weighted by Gasteiger charge is -2.39. The highest BCUT2D eigenvalue weighted by Crippen LogP contribution is 2.27. The van der Waals surface area contributed by atoms with E-state index < -0.39 is 0 Å². The second kappa shape index (κ2) is 6.38. The first-order chi connectivity index (χ1) is 8.61. The lowest BCUT2D eigenvalue weighted by Crippen LogP contribution is -2.48. The van der Waals surface area contributed by atoms with E-state index in [1.807, 2.05) is 12.1 Å². The molecule has 0 aliphatic carbocycles. The molecule has 2 atom stereocenters. The summed E-state index contributed by atoms with van der Waals surface area (Å²) in [6.07, 6.45) is 2.54. The Hall–Kier alpha value is -0.0900. The summed E-state index contributed by atoms with van der Waals surface area (Å²) < 4.78 is 1.03. The van der Waals surface area contributed by atoms with Crippen LogP contribution in [0.4, 0.5) is 0 Å². The first-order valence-corrected chi connectivity index (χ1v) is 7.67. The Balaban J connectivity index is 2.11. The zero-order valence-electron chi connectivity index (χ0n) is 10.7. The average Bonchev–Trinajstić information content (AvgIpc) is 2.33. The Labute approximate surface area is 123 Å². The maximum Gasteiger partial charge on any atom is 0.0462 e. The van der Waals surface area contributed by atoms with Gasteiger partial charge < -0.3 is 5.73 Å². The molecule has 1 aliphatic rings. The van der Waals surface area contributed by atoms with Gasteiger partial charge >= 0.3 is 0 Å². The van der Waals surface area contributed by atoms with Gasteiger partial charge in [0.25, 0.3) is 0 Å². The number of halogens is 2. The molecule has 0 bridgehead atoms. The summed E-state index contributed by atoms with van der Waals surface area (Å²) in [5.41, 5.74) is 7.11. The van der Waals surface area contributed by atoms with E-state index in [0.717, 1.165) is 29.1 Å². The molecule has 1 heterocycles. The molecule has 1 aromatic rings. The molecular weight excluding hydrogens is 312 g/mol. The van der Waals surface area contributed by atoms with Gasteiger partial charge in [-0.2, -0.15) is 0 Å². The van der Waals surface area contributed by atoms with Crippen LogP contribution in [0.25, 0.3) is 0 Å². The van der Waals surface area contributed by atoms with Crippen LogP contribution in [0.3, 0.4) is 0 Å². The Morgan fingerprint density at radius 1 is 1.50 bits per heavy atom. The molecule has 1 aliphatic heterocycles. The Kier molecular flexibility index (Phi) is 5.07. The highest BCUT2D eigenvalue weighted by Gasteiger charge is 2.27. The van der Waals surface area contributed by atoms with E-state index in [9.17, 15) is 0 Å². The van der Waals surface area contributed by atoms with Crippen molar-refractivity contribution in [3.05, 3.63) is 33.3 Å². The summed E-state index contributed by atoms with van der Waals surface area (Å²) in [6.45, 7) is 5.05. The third kappa shape index (κ3) is 3.27. The molecule has 0 spiro atoms. The standard InChI is InChI=1S/C14H20BrClN2/c1-10-3-2-6-18(14(10)8-17)9-11-4-5-12(15)7-13(11)16/h4-5,7,10,14H,2-3,6,8-9,17H2,1H3. The van der Waals surface area contributed by atoms with Crippen molar-refractivity contribution in [2.45, 2.75) is 32.4 Å². The minimum absolute atomic E-state index is 0.485. The van der Waals surface area contributed by atoms with Crippen molar-refractivity contribution in [1.29, 1.82) is 0 Å². The van der Waals surface area contributed by atoms with Crippen molar-refractivity contribution < 1.29 is 0 Å². The second-order valence-electron chi connectivity index (χ2n) is 5.13. The van der Waals surface area contributed by atoms with Crippen molar-refractivity contribution in [1.82, 2.24) is 4.90 Å². The minimum Gasteiger partial charge on any atom is -0.329 e. The zero-order valence-corrected chi connectivity index (χ0v) is 13.0. The molecule has 18 heavy (non-hydrogen) atoms. The van der Waals surface area contributed by atoms with Crippen molar-refractivity contribution in [2.24, 2.45) is 11.7 Å². The van der Waals surface area contributed by atoms with Gasteiger partial charge in [0.15, 0.2) is 0 Å². The molecular formula is C14H20BrClN2. The van der Waals surface area contributed by atoms with Gasteiger partial charge in [-0.15, -0.1) is 0 Å². The van der Waals surface area contributed by atoms with Gasteiger partial charge in [0.1, 0.15) is 0 Å². The van der Waals surface area contributed by atoms with E-state index in [-0.39, 0.29) is 0 Å². The van der Waals surface area contributed by atoms with E-state index in [2.05, 4.69) is 33.8 Å². The summed E-state index contributed by atoms with van der Waals surface area (Å²) >= 11 is 9.73. The summed E-state index contributed by atoms with van der Waals surface area (Å²) in [5, 5.41) is 0.832. The van der Waals surface area contributed by atoms with Gasteiger partial charge in [0.05, 0.1) is 0 Å². The number of hydrogen-bond acceptors (Lipinski definition) is 2. The molecule has 2 nitrogen and oxygen atoms in total. The second-order valence-corrected chi connectivity index (χ2v) is 6.45. The maximum absolute atomic E-state index is 6.29. The summed E-state index contributed by atoms with van der Waals surface area (Å²) in [5.74, 6) is 0.679. The average molecular weight is 332 g/mol. The van der Waals surface area contributed by atoms with Crippen molar-refractivity contribution >= 4 is 27.5 Å². The topological polar surface area (TPSA) is 29.3 Å². The predicted octanol–water partition coefficient (Wildman–Crippen LogP) is 3.66. The van der Waals surface area contributed by atoms with Crippen LogP contribution in [0.1, 0.15) is 25.3 Å². The quantitative estimate of drug-likeness (QED) is 0.916. The molecule has 0 amide bonds. The van der Waals surface area contributed by atoms with Gasteiger partial charge in [-0.05, 0) is 43.0 Å². The van der Waals surface area contributed by atoms with Crippen LogP contribution in [0, 0.1) is 5.92 Å². The van der Waals surface area contributed by atoms with Gasteiger partial charge in [-0.1, -0.05) is 40.5 Å². The van der Waals surface area contributed by atoms with Gasteiger partial charge in [0.2, 0.25) is 0 Å². The maximum atomic E-state index is 6.29. The van der Waals surface area contributed by atoms with E-state index in [4.69, 9.17) is 17.3 Å². The fourth-order valence-electron chi connectivity index (χ4n) is 2.78. The Bertz CT molecular complexity index is 411. The molecule has 0 aromatic heterocycles. The first-order valence-electron chi connectivity index (χ1n) is 6.50. The SMILES string of the molecule is CC1CCCN(Cc2ccc(Br)cc2Cl)C1CN. The molecule has 1 saturated heterocycles. The number of nitrogens with zero attached hydrogens (tertiary/aromatic N) is 1. The molecule has 2 rings (SSSR count). The number of rotatable bonds is 3. The van der Waals surface area contributed by atoms with Crippen molar-refractivity contribution in [3.8, 4) is 0 Å². The molecule has 2 unspecified atom stereocenters. The van der Waals surface area contributed by atoms with Gasteiger partial charge in [-0.25, -0.2) is 0 Å². The van der Waals surface area contributed by atoms with Crippen LogP contribution < -0.4 is 5.73 Å². The lowest BCUT2D eigenvalue weighted by molar-refractivity contribution is 0.0991. The van der Waals surface area contributed by atoms with E-state index in [1.54, 1.807) is 0 Å². The Morgan fingerprint density at radius 2 is 2.28 bits per heavy atom. The van der Waals surface area contributed by atoms with Gasteiger partial charge in [-0.3, -0.25) is 4.90 Å². The fraction of sp³-hybridized carbons (Fsp3) is 0.571. The van der Waals surface area contributed by atoms with Crippen LogP contribution in [-0.2, 0) is 6.54 Å². The first kappa shape index (κ1) is 14.3. The molecule has 1 fully saturated rings. The van der Waals surface area contributed by atoms with Crippen LogP contribution in [-0.4, -0.2) is 24.0 Å². The molecule has 100 valence electrons. The van der Waals surface area contributed by atoms with Gasteiger partial charge in [0, 0.05) is 28.6 Å². The molecule has 0 saturated carbocycles. The molecule has 4 heteroatoms. The largest absolute Gasteiger partial charge is 0.329 e. The van der Waals surface area contributed by atoms with Crippen LogP contribution >= 0.6 is 27.5 Å². The van der Waals surface area contributed by atoms with E-state index in [1.165, 1.54) is 18.4 Å². The third-order valence-electron chi connectivity index (χ3n) is 3.86. The number of benzene rings is 1. The summed E-state index contributed by atoms with van der Waals surface area (Å²) in [4.78, 5) is 2.48. The Morgan fingerprint density at radius 3 is 2.94 bits per heavy atom.